The molecule has 2 aliphatic heterocycles. The summed E-state index contributed by atoms with van der Waals surface area (Å²) in [6, 6.07) is 0.00172. The third kappa shape index (κ3) is 2.97. The molecule has 8 heteroatoms. The summed E-state index contributed by atoms with van der Waals surface area (Å²) in [6.45, 7) is 1.02. The molecular weight excluding hydrogens is 332 g/mol. The molecule has 0 radical (unpaired) electrons. The van der Waals surface area contributed by atoms with Gasteiger partial charge in [0.1, 0.15) is 0 Å². The molecule has 24 heavy (non-hydrogen) atoms. The molecule has 0 aromatic rings. The quantitative estimate of drug-likeness (QED) is 0.414. The lowest BCUT2D eigenvalue weighted by atomic mass is 9.83. The summed E-state index contributed by atoms with van der Waals surface area (Å²) in [4.78, 5) is 30.1. The molecule has 0 aromatic carbocycles. The van der Waals surface area contributed by atoms with Crippen molar-refractivity contribution in [1.29, 1.82) is 0 Å². The molecular formula is C16H19ClN4O3. The fraction of sp³-hybridized carbons (Fsp3) is 0.438. The number of nitrogens with zero attached hydrogens (tertiary/aromatic N) is 2. The Bertz CT molecular complexity index is 706. The van der Waals surface area contributed by atoms with E-state index >= 15 is 0 Å². The highest BCUT2D eigenvalue weighted by molar-refractivity contribution is 6.24. The number of guanidine groups is 1. The topological polar surface area (TPSA) is 111 Å². The maximum absolute atomic E-state index is 12.3. The summed E-state index contributed by atoms with van der Waals surface area (Å²) >= 11 is 6.51. The minimum Gasteiger partial charge on any atom is -0.493 e. The van der Waals surface area contributed by atoms with Crippen LogP contribution < -0.4 is 11.5 Å². The fourth-order valence-corrected chi connectivity index (χ4v) is 3.87. The van der Waals surface area contributed by atoms with E-state index in [1.54, 1.807) is 12.2 Å². The molecule has 3 unspecified atom stereocenters. The van der Waals surface area contributed by atoms with Crippen molar-refractivity contribution in [2.45, 2.75) is 17.8 Å². The number of methoxy groups -OCH3 is 1. The van der Waals surface area contributed by atoms with Crippen molar-refractivity contribution < 1.29 is 14.3 Å². The van der Waals surface area contributed by atoms with Crippen LogP contribution in [0.2, 0.25) is 0 Å². The van der Waals surface area contributed by atoms with Gasteiger partial charge in [-0.3, -0.25) is 14.5 Å². The van der Waals surface area contributed by atoms with Gasteiger partial charge in [-0.05, 0) is 36.6 Å². The molecule has 0 aromatic heterocycles. The van der Waals surface area contributed by atoms with Crippen molar-refractivity contribution in [1.82, 2.24) is 4.90 Å². The van der Waals surface area contributed by atoms with Gasteiger partial charge in [-0.1, -0.05) is 6.08 Å². The van der Waals surface area contributed by atoms with Crippen LogP contribution in [0.15, 0.2) is 40.1 Å². The molecule has 1 aliphatic carbocycles. The van der Waals surface area contributed by atoms with E-state index in [9.17, 15) is 9.59 Å². The number of halogens is 1. The van der Waals surface area contributed by atoms with Crippen LogP contribution >= 0.6 is 11.6 Å². The summed E-state index contributed by atoms with van der Waals surface area (Å²) in [5.41, 5.74) is 11.9. The number of carbonyl (C=O) groups excluding carboxylic acids is 2. The zero-order valence-corrected chi connectivity index (χ0v) is 14.0. The van der Waals surface area contributed by atoms with Gasteiger partial charge < -0.3 is 16.2 Å². The highest BCUT2D eigenvalue weighted by Gasteiger charge is 2.42. The maximum Gasteiger partial charge on any atom is 0.279 e. The average Bonchev–Trinajstić information content (AvgIpc) is 2.92. The first-order valence-corrected chi connectivity index (χ1v) is 8.08. The van der Waals surface area contributed by atoms with E-state index in [2.05, 4.69) is 9.89 Å². The number of amides is 1. The van der Waals surface area contributed by atoms with Crippen molar-refractivity contribution in [2.75, 3.05) is 20.2 Å². The predicted octanol–water partition coefficient (Wildman–Crippen LogP) is 0.0637. The Morgan fingerprint density at radius 2 is 2.17 bits per heavy atom. The average molecular weight is 351 g/mol. The van der Waals surface area contributed by atoms with Crippen LogP contribution in [0.3, 0.4) is 0 Å². The van der Waals surface area contributed by atoms with E-state index in [0.717, 1.165) is 18.5 Å². The van der Waals surface area contributed by atoms with Gasteiger partial charge in [0, 0.05) is 11.6 Å². The highest BCUT2D eigenvalue weighted by Crippen LogP contribution is 2.39. The van der Waals surface area contributed by atoms with Crippen molar-refractivity contribution in [3.63, 3.8) is 0 Å². The summed E-state index contributed by atoms with van der Waals surface area (Å²) in [6.07, 6.45) is 6.03. The smallest absolute Gasteiger partial charge is 0.279 e. The van der Waals surface area contributed by atoms with E-state index in [1.807, 2.05) is 6.08 Å². The standard InChI is InChI=1S/C16H19ClN4O3/c1-24-13-6-11(17)10-5-9(15(23)20-16(18)19)4-8-2-3-21(14(8)10)7-12(13)22/h4-6,8,11,14H,2-3,7H2,1H3,(H4,18,19,20,23). The molecule has 3 atom stereocenters. The van der Waals surface area contributed by atoms with E-state index in [0.29, 0.717) is 5.57 Å². The molecule has 3 aliphatic rings. The molecule has 0 bridgehead atoms. The fourth-order valence-electron chi connectivity index (χ4n) is 3.56. The van der Waals surface area contributed by atoms with E-state index < -0.39 is 11.3 Å². The Hall–Kier alpha value is -2.12. The van der Waals surface area contributed by atoms with Gasteiger partial charge in [-0.25, -0.2) is 0 Å². The van der Waals surface area contributed by atoms with Gasteiger partial charge in [-0.15, -0.1) is 11.6 Å². The lowest BCUT2D eigenvalue weighted by Gasteiger charge is -2.34. The SMILES string of the molecule is COC1=CC(Cl)C2=CC(C(=O)N=C(N)N)=CC3CCN(CC1=O)C23. The van der Waals surface area contributed by atoms with Gasteiger partial charge in [-0.2, -0.15) is 4.99 Å². The number of hydrogen-bond acceptors (Lipinski definition) is 4. The van der Waals surface area contributed by atoms with Crippen molar-refractivity contribution in [2.24, 2.45) is 22.4 Å². The summed E-state index contributed by atoms with van der Waals surface area (Å²) in [5, 5.41) is -0.548. The second kappa shape index (κ2) is 6.41. The van der Waals surface area contributed by atoms with Gasteiger partial charge >= 0.3 is 0 Å². The molecule has 7 nitrogen and oxygen atoms in total. The minimum atomic E-state index is -0.548. The summed E-state index contributed by atoms with van der Waals surface area (Å²) < 4.78 is 5.16. The van der Waals surface area contributed by atoms with Crippen molar-refractivity contribution in [3.05, 3.63) is 35.1 Å². The highest BCUT2D eigenvalue weighted by atomic mass is 35.5. The van der Waals surface area contributed by atoms with Crippen LogP contribution in [-0.2, 0) is 14.3 Å². The van der Waals surface area contributed by atoms with Gasteiger partial charge in [0.25, 0.3) is 5.91 Å². The molecule has 1 saturated heterocycles. The molecule has 128 valence electrons. The largest absolute Gasteiger partial charge is 0.493 e. The van der Waals surface area contributed by atoms with Crippen LogP contribution in [0.25, 0.3) is 0 Å². The number of Topliss-reactive ketones (excluding diaryl/α,β-unsaturated/α-hetero) is 1. The third-order valence-corrected chi connectivity index (χ3v) is 4.92. The predicted molar refractivity (Wildman–Crippen MR) is 90.2 cm³/mol. The summed E-state index contributed by atoms with van der Waals surface area (Å²) in [7, 11) is 1.45. The van der Waals surface area contributed by atoms with Crippen LogP contribution in [0.1, 0.15) is 6.42 Å². The Morgan fingerprint density at radius 1 is 1.42 bits per heavy atom. The number of rotatable bonds is 2. The van der Waals surface area contributed by atoms with Gasteiger partial charge in [0.15, 0.2) is 11.7 Å². The Labute approximate surface area is 144 Å². The van der Waals surface area contributed by atoms with Crippen LogP contribution in [-0.4, -0.2) is 54.2 Å². The number of ketones is 1. The number of hydrogen-bond donors (Lipinski definition) is 2. The van der Waals surface area contributed by atoms with Crippen molar-refractivity contribution in [3.8, 4) is 0 Å². The zero-order chi connectivity index (χ0) is 17.4. The molecule has 1 fully saturated rings. The first kappa shape index (κ1) is 16.7. The Balaban J connectivity index is 2.03. The van der Waals surface area contributed by atoms with E-state index in [4.69, 9.17) is 27.8 Å². The molecule has 4 N–H and O–H groups in total. The molecule has 1 amide bonds. The number of alkyl halides is 1. The second-order valence-electron chi connectivity index (χ2n) is 6.04. The first-order chi connectivity index (χ1) is 11.4. The lowest BCUT2D eigenvalue weighted by Crippen LogP contribution is -2.43. The normalized spacial score (nSPS) is 29.5. The molecule has 2 heterocycles. The lowest BCUT2D eigenvalue weighted by molar-refractivity contribution is -0.120. The molecule has 0 saturated carbocycles. The Kier molecular flexibility index (Phi) is 4.47. The molecule has 0 spiro atoms. The van der Waals surface area contributed by atoms with Gasteiger partial charge in [0.05, 0.1) is 19.0 Å². The van der Waals surface area contributed by atoms with Crippen LogP contribution in [0.5, 0.6) is 0 Å². The number of allylic oxidation sites excluding steroid dienone is 1. The third-order valence-electron chi connectivity index (χ3n) is 4.54. The van der Waals surface area contributed by atoms with Crippen molar-refractivity contribution >= 4 is 29.3 Å². The number of carbonyl (C=O) groups is 2. The van der Waals surface area contributed by atoms with E-state index in [-0.39, 0.29) is 36.0 Å². The number of ether oxygens (including phenoxy) is 1. The number of aliphatic imine (C=N–C) groups is 1. The van der Waals surface area contributed by atoms with Crippen LogP contribution in [0.4, 0.5) is 0 Å². The Morgan fingerprint density at radius 3 is 2.83 bits per heavy atom. The second-order valence-corrected chi connectivity index (χ2v) is 6.51. The van der Waals surface area contributed by atoms with Crippen LogP contribution in [0, 0.1) is 5.92 Å². The zero-order valence-electron chi connectivity index (χ0n) is 13.2. The monoisotopic (exact) mass is 350 g/mol. The summed E-state index contributed by atoms with van der Waals surface area (Å²) in [5.74, 6) is -0.512. The minimum absolute atomic E-state index is 0.00172. The first-order valence-electron chi connectivity index (χ1n) is 7.65. The van der Waals surface area contributed by atoms with Gasteiger partial charge in [0.2, 0.25) is 5.78 Å². The maximum atomic E-state index is 12.3. The molecule has 3 rings (SSSR count). The van der Waals surface area contributed by atoms with E-state index in [1.165, 1.54) is 7.11 Å². The number of nitrogens with two attached hydrogens (primary N) is 2.